The van der Waals surface area contributed by atoms with E-state index in [9.17, 15) is 0 Å². The highest BCUT2D eigenvalue weighted by Gasteiger charge is 2.24. The molecular formula is C12H10N+. The van der Waals surface area contributed by atoms with Crippen LogP contribution >= 0.6 is 0 Å². The fourth-order valence-corrected chi connectivity index (χ4v) is 1.95. The first-order valence-corrected chi connectivity index (χ1v) is 4.53. The average Bonchev–Trinajstić information content (AvgIpc) is 2.56. The van der Waals surface area contributed by atoms with Crippen LogP contribution in [-0.2, 0) is 6.42 Å². The van der Waals surface area contributed by atoms with E-state index in [4.69, 9.17) is 0 Å². The highest BCUT2D eigenvalue weighted by molar-refractivity contribution is 5.39. The lowest BCUT2D eigenvalue weighted by molar-refractivity contribution is -0.597. The van der Waals surface area contributed by atoms with Crippen molar-refractivity contribution in [3.8, 4) is 5.69 Å². The minimum Gasteiger partial charge on any atom is -0.164 e. The lowest BCUT2D eigenvalue weighted by Gasteiger charge is -1.91. The van der Waals surface area contributed by atoms with Crippen molar-refractivity contribution in [1.29, 1.82) is 0 Å². The zero-order valence-corrected chi connectivity index (χ0v) is 7.27. The number of hydrogen-bond donors (Lipinski definition) is 0. The zero-order valence-electron chi connectivity index (χ0n) is 7.27. The second-order valence-corrected chi connectivity index (χ2v) is 3.37. The van der Waals surface area contributed by atoms with Gasteiger partial charge in [-0.25, -0.2) is 0 Å². The third-order valence-electron chi connectivity index (χ3n) is 2.57. The van der Waals surface area contributed by atoms with E-state index < -0.39 is 0 Å². The summed E-state index contributed by atoms with van der Waals surface area (Å²) in [5.74, 6) is 0. The van der Waals surface area contributed by atoms with E-state index in [0.717, 1.165) is 6.42 Å². The van der Waals surface area contributed by atoms with Crippen molar-refractivity contribution in [3.63, 3.8) is 0 Å². The van der Waals surface area contributed by atoms with Gasteiger partial charge in [0, 0.05) is 23.8 Å². The molecule has 13 heavy (non-hydrogen) atoms. The predicted molar refractivity (Wildman–Crippen MR) is 50.8 cm³/mol. The van der Waals surface area contributed by atoms with Crippen LogP contribution in [0.2, 0.25) is 0 Å². The third kappa shape index (κ3) is 0.903. The van der Waals surface area contributed by atoms with Crippen molar-refractivity contribution in [2.75, 3.05) is 0 Å². The molecule has 1 aromatic carbocycles. The standard InChI is InChI=1S/C12H10N/c1-2-7-12-10(5-1)9-11-6-3-4-8-13(11)12/h1-8H,9H2/q+1. The first-order chi connectivity index (χ1) is 6.45. The number of hydrogen-bond acceptors (Lipinski definition) is 0. The molecule has 0 fully saturated rings. The number of para-hydroxylation sites is 1. The minimum atomic E-state index is 1.07. The fraction of sp³-hybridized carbons (Fsp3) is 0.0833. The van der Waals surface area contributed by atoms with E-state index in [1.165, 1.54) is 16.9 Å². The van der Waals surface area contributed by atoms with Gasteiger partial charge in [-0.3, -0.25) is 0 Å². The molecule has 0 radical (unpaired) electrons. The molecule has 1 aliphatic rings. The van der Waals surface area contributed by atoms with Crippen molar-refractivity contribution in [1.82, 2.24) is 0 Å². The van der Waals surface area contributed by atoms with Crippen LogP contribution in [0.1, 0.15) is 11.3 Å². The third-order valence-corrected chi connectivity index (χ3v) is 2.57. The number of pyridine rings is 1. The Morgan fingerprint density at radius 2 is 1.77 bits per heavy atom. The Morgan fingerprint density at radius 3 is 2.77 bits per heavy atom. The maximum Gasteiger partial charge on any atom is 0.214 e. The minimum absolute atomic E-state index is 1.07. The molecule has 0 amide bonds. The molecule has 1 heteroatoms. The molecule has 2 heterocycles. The van der Waals surface area contributed by atoms with Gasteiger partial charge in [0.15, 0.2) is 11.9 Å². The van der Waals surface area contributed by atoms with E-state index in [0.29, 0.717) is 0 Å². The lowest BCUT2D eigenvalue weighted by atomic mass is 10.1. The molecule has 0 spiro atoms. The quantitative estimate of drug-likeness (QED) is 0.451. The Morgan fingerprint density at radius 1 is 0.923 bits per heavy atom. The number of aromatic nitrogens is 1. The molecule has 0 saturated carbocycles. The Bertz CT molecular complexity index is 417. The van der Waals surface area contributed by atoms with Gasteiger partial charge in [-0.2, -0.15) is 4.57 Å². The van der Waals surface area contributed by atoms with E-state index >= 15 is 0 Å². The Kier molecular flexibility index (Phi) is 1.28. The molecule has 62 valence electrons. The Hall–Kier alpha value is -1.63. The average molecular weight is 168 g/mol. The molecule has 0 bridgehead atoms. The van der Waals surface area contributed by atoms with Crippen LogP contribution in [-0.4, -0.2) is 0 Å². The number of benzene rings is 1. The summed E-state index contributed by atoms with van der Waals surface area (Å²) in [4.78, 5) is 0. The number of rotatable bonds is 0. The zero-order chi connectivity index (χ0) is 8.67. The van der Waals surface area contributed by atoms with E-state index in [1.54, 1.807) is 0 Å². The molecule has 0 unspecified atom stereocenters. The summed E-state index contributed by atoms with van der Waals surface area (Å²) in [6.07, 6.45) is 3.19. The van der Waals surface area contributed by atoms with Gasteiger partial charge >= 0.3 is 0 Å². The van der Waals surface area contributed by atoms with Crippen molar-refractivity contribution in [3.05, 3.63) is 59.9 Å². The summed E-state index contributed by atoms with van der Waals surface area (Å²) in [6, 6.07) is 14.9. The van der Waals surface area contributed by atoms with Crippen molar-refractivity contribution in [2.45, 2.75) is 6.42 Å². The highest BCUT2D eigenvalue weighted by Crippen LogP contribution is 2.18. The summed E-state index contributed by atoms with van der Waals surface area (Å²) in [7, 11) is 0. The van der Waals surface area contributed by atoms with Gasteiger partial charge in [-0.15, -0.1) is 0 Å². The number of nitrogens with zero attached hydrogens (tertiary/aromatic N) is 1. The monoisotopic (exact) mass is 168 g/mol. The van der Waals surface area contributed by atoms with Crippen LogP contribution in [0.4, 0.5) is 0 Å². The van der Waals surface area contributed by atoms with Crippen LogP contribution in [0.3, 0.4) is 0 Å². The predicted octanol–water partition coefficient (Wildman–Crippen LogP) is 1.87. The van der Waals surface area contributed by atoms with Crippen LogP contribution in [0.15, 0.2) is 48.7 Å². The molecule has 3 rings (SSSR count). The molecule has 0 aliphatic carbocycles. The molecule has 1 aliphatic heterocycles. The molecular weight excluding hydrogens is 158 g/mol. The van der Waals surface area contributed by atoms with Gasteiger partial charge in [-0.05, 0) is 0 Å². The summed E-state index contributed by atoms with van der Waals surface area (Å²) in [5.41, 5.74) is 4.13. The Labute approximate surface area is 77.3 Å². The topological polar surface area (TPSA) is 3.88 Å². The maximum absolute atomic E-state index is 2.26. The SMILES string of the molecule is c1ccc2c(c1)Cc1cccc[n+]1-2. The normalized spacial score (nSPS) is 12.3. The van der Waals surface area contributed by atoms with Crippen LogP contribution < -0.4 is 4.57 Å². The highest BCUT2D eigenvalue weighted by atomic mass is 15.0. The summed E-state index contributed by atoms with van der Waals surface area (Å²) in [5, 5.41) is 0. The van der Waals surface area contributed by atoms with Crippen molar-refractivity contribution < 1.29 is 4.57 Å². The molecule has 0 atom stereocenters. The van der Waals surface area contributed by atoms with Crippen LogP contribution in [0.25, 0.3) is 5.69 Å². The smallest absolute Gasteiger partial charge is 0.164 e. The fourth-order valence-electron chi connectivity index (χ4n) is 1.95. The molecule has 2 aromatic rings. The second kappa shape index (κ2) is 2.43. The van der Waals surface area contributed by atoms with Gasteiger partial charge in [-0.1, -0.05) is 24.3 Å². The van der Waals surface area contributed by atoms with Gasteiger partial charge in [0.1, 0.15) is 0 Å². The van der Waals surface area contributed by atoms with Gasteiger partial charge in [0.2, 0.25) is 5.69 Å². The Balaban J connectivity index is 2.32. The van der Waals surface area contributed by atoms with E-state index in [2.05, 4.69) is 53.2 Å². The number of fused-ring (bicyclic) bond motifs is 3. The van der Waals surface area contributed by atoms with Crippen molar-refractivity contribution in [2.24, 2.45) is 0 Å². The molecule has 0 N–H and O–H groups in total. The summed E-state index contributed by atoms with van der Waals surface area (Å²) >= 11 is 0. The van der Waals surface area contributed by atoms with Crippen LogP contribution in [0.5, 0.6) is 0 Å². The summed E-state index contributed by atoms with van der Waals surface area (Å²) < 4.78 is 2.26. The van der Waals surface area contributed by atoms with E-state index in [1.807, 2.05) is 0 Å². The lowest BCUT2D eigenvalue weighted by Crippen LogP contribution is -2.30. The molecule has 1 nitrogen and oxygen atoms in total. The largest absolute Gasteiger partial charge is 0.214 e. The van der Waals surface area contributed by atoms with Gasteiger partial charge in [0.25, 0.3) is 0 Å². The maximum atomic E-state index is 2.26. The first-order valence-electron chi connectivity index (χ1n) is 4.53. The molecule has 0 saturated heterocycles. The molecule has 1 aromatic heterocycles. The van der Waals surface area contributed by atoms with Gasteiger partial charge < -0.3 is 0 Å². The first kappa shape index (κ1) is 6.84. The summed E-state index contributed by atoms with van der Waals surface area (Å²) in [6.45, 7) is 0. The second-order valence-electron chi connectivity index (χ2n) is 3.37. The van der Waals surface area contributed by atoms with Crippen LogP contribution in [0, 0.1) is 0 Å². The van der Waals surface area contributed by atoms with Crippen molar-refractivity contribution >= 4 is 0 Å². The van der Waals surface area contributed by atoms with Gasteiger partial charge in [0.05, 0.1) is 6.42 Å². The van der Waals surface area contributed by atoms with E-state index in [-0.39, 0.29) is 0 Å².